The highest BCUT2D eigenvalue weighted by molar-refractivity contribution is 5.80. The van der Waals surface area contributed by atoms with Crippen LogP contribution in [-0.4, -0.2) is 36.0 Å². The molecular weight excluding hydrogens is 218 g/mol. The molecule has 0 aliphatic rings. The van der Waals surface area contributed by atoms with Crippen LogP contribution in [0.4, 0.5) is 11.8 Å². The van der Waals surface area contributed by atoms with Crippen LogP contribution in [0.1, 0.15) is 13.8 Å². The highest BCUT2D eigenvalue weighted by Gasteiger charge is 2.03. The normalized spacial score (nSPS) is 10.1. The summed E-state index contributed by atoms with van der Waals surface area (Å²) in [6.07, 6.45) is 1.63. The van der Waals surface area contributed by atoms with Gasteiger partial charge in [0.25, 0.3) is 0 Å². The molecule has 1 amide bonds. The fourth-order valence-electron chi connectivity index (χ4n) is 1.13. The van der Waals surface area contributed by atoms with E-state index in [0.29, 0.717) is 24.2 Å². The zero-order valence-corrected chi connectivity index (χ0v) is 10.4. The van der Waals surface area contributed by atoms with E-state index in [9.17, 15) is 4.79 Å². The van der Waals surface area contributed by atoms with Crippen LogP contribution in [0.5, 0.6) is 0 Å². The summed E-state index contributed by atoms with van der Waals surface area (Å²) >= 11 is 0. The van der Waals surface area contributed by atoms with Gasteiger partial charge in [0, 0.05) is 19.8 Å². The van der Waals surface area contributed by atoms with Gasteiger partial charge in [0.1, 0.15) is 5.82 Å². The van der Waals surface area contributed by atoms with E-state index in [4.69, 9.17) is 0 Å². The molecule has 0 fully saturated rings. The number of hydrogen-bond acceptors (Lipinski definition) is 5. The molecule has 0 saturated carbocycles. The average Bonchev–Trinajstić information content (AvgIpc) is 2.34. The van der Waals surface area contributed by atoms with E-state index in [1.807, 2.05) is 0 Å². The van der Waals surface area contributed by atoms with Gasteiger partial charge in [0.05, 0.1) is 6.54 Å². The molecule has 1 aromatic rings. The van der Waals surface area contributed by atoms with E-state index in [1.54, 1.807) is 19.3 Å². The molecule has 0 atom stereocenters. The van der Waals surface area contributed by atoms with E-state index in [-0.39, 0.29) is 12.5 Å². The Kier molecular flexibility index (Phi) is 5.19. The molecule has 1 heterocycles. The third-order valence-corrected chi connectivity index (χ3v) is 2.02. The van der Waals surface area contributed by atoms with Crippen LogP contribution in [0.15, 0.2) is 12.3 Å². The second kappa shape index (κ2) is 6.67. The average molecular weight is 237 g/mol. The van der Waals surface area contributed by atoms with Crippen molar-refractivity contribution >= 4 is 17.7 Å². The number of rotatable bonds is 6. The van der Waals surface area contributed by atoms with Crippen molar-refractivity contribution in [1.29, 1.82) is 0 Å². The Balaban J connectivity index is 2.36. The van der Waals surface area contributed by atoms with Gasteiger partial charge in [-0.2, -0.15) is 4.98 Å². The van der Waals surface area contributed by atoms with E-state index < -0.39 is 0 Å². The van der Waals surface area contributed by atoms with Gasteiger partial charge in [-0.1, -0.05) is 13.8 Å². The van der Waals surface area contributed by atoms with Gasteiger partial charge in [0.2, 0.25) is 11.9 Å². The van der Waals surface area contributed by atoms with Crippen molar-refractivity contribution in [2.24, 2.45) is 5.92 Å². The number of amides is 1. The summed E-state index contributed by atoms with van der Waals surface area (Å²) in [5.41, 5.74) is 0. The minimum Gasteiger partial charge on any atom is -0.361 e. The predicted molar refractivity (Wildman–Crippen MR) is 67.9 cm³/mol. The molecule has 0 spiro atoms. The first-order valence-electron chi connectivity index (χ1n) is 5.63. The molecule has 94 valence electrons. The molecule has 6 nitrogen and oxygen atoms in total. The van der Waals surface area contributed by atoms with Crippen LogP contribution in [-0.2, 0) is 4.79 Å². The molecule has 0 bridgehead atoms. The second-order valence-electron chi connectivity index (χ2n) is 4.07. The van der Waals surface area contributed by atoms with Gasteiger partial charge in [-0.15, -0.1) is 0 Å². The van der Waals surface area contributed by atoms with Crippen LogP contribution in [0.3, 0.4) is 0 Å². The highest BCUT2D eigenvalue weighted by atomic mass is 16.1. The minimum atomic E-state index is -0.0386. The van der Waals surface area contributed by atoms with Crippen LogP contribution >= 0.6 is 0 Å². The molecule has 1 rings (SSSR count). The molecular formula is C11H19N5O. The van der Waals surface area contributed by atoms with Gasteiger partial charge in [-0.3, -0.25) is 4.79 Å². The molecule has 0 saturated heterocycles. The molecule has 0 aliphatic carbocycles. The summed E-state index contributed by atoms with van der Waals surface area (Å²) in [5.74, 6) is 1.57. The second-order valence-corrected chi connectivity index (χ2v) is 4.07. The summed E-state index contributed by atoms with van der Waals surface area (Å²) < 4.78 is 0. The van der Waals surface area contributed by atoms with E-state index >= 15 is 0 Å². The van der Waals surface area contributed by atoms with Crippen molar-refractivity contribution < 1.29 is 4.79 Å². The SMILES string of the molecule is CNc1nccc(NCC(=O)NCC(C)C)n1. The molecule has 0 aliphatic heterocycles. The zero-order chi connectivity index (χ0) is 12.7. The van der Waals surface area contributed by atoms with Crippen molar-refractivity contribution in [3.8, 4) is 0 Å². The Morgan fingerprint density at radius 2 is 2.24 bits per heavy atom. The maximum absolute atomic E-state index is 11.4. The lowest BCUT2D eigenvalue weighted by Gasteiger charge is -2.09. The Hall–Kier alpha value is -1.85. The molecule has 6 heteroatoms. The Labute approximate surface area is 101 Å². The molecule has 0 aromatic carbocycles. The lowest BCUT2D eigenvalue weighted by Crippen LogP contribution is -2.32. The van der Waals surface area contributed by atoms with Crippen LogP contribution in [0.2, 0.25) is 0 Å². The topological polar surface area (TPSA) is 78.9 Å². The largest absolute Gasteiger partial charge is 0.361 e. The number of aromatic nitrogens is 2. The summed E-state index contributed by atoms with van der Waals surface area (Å²) in [4.78, 5) is 19.6. The number of anilines is 2. The number of carbonyl (C=O) groups excluding carboxylic acids is 1. The molecule has 1 aromatic heterocycles. The van der Waals surface area contributed by atoms with Crippen molar-refractivity contribution in [2.45, 2.75) is 13.8 Å². The Morgan fingerprint density at radius 1 is 1.47 bits per heavy atom. The number of hydrogen-bond donors (Lipinski definition) is 3. The summed E-state index contributed by atoms with van der Waals surface area (Å²) in [6.45, 7) is 5.01. The maximum atomic E-state index is 11.4. The zero-order valence-electron chi connectivity index (χ0n) is 10.4. The lowest BCUT2D eigenvalue weighted by molar-refractivity contribution is -0.119. The van der Waals surface area contributed by atoms with Gasteiger partial charge >= 0.3 is 0 Å². The van der Waals surface area contributed by atoms with Crippen molar-refractivity contribution in [2.75, 3.05) is 30.8 Å². The predicted octanol–water partition coefficient (Wildman–Crippen LogP) is 0.702. The van der Waals surface area contributed by atoms with Crippen molar-refractivity contribution in [3.63, 3.8) is 0 Å². The van der Waals surface area contributed by atoms with E-state index in [1.165, 1.54) is 0 Å². The van der Waals surface area contributed by atoms with Gasteiger partial charge < -0.3 is 16.0 Å². The molecule has 17 heavy (non-hydrogen) atoms. The number of nitrogens with one attached hydrogen (secondary N) is 3. The van der Waals surface area contributed by atoms with Gasteiger partial charge in [-0.05, 0) is 12.0 Å². The van der Waals surface area contributed by atoms with E-state index in [2.05, 4.69) is 39.8 Å². The van der Waals surface area contributed by atoms with E-state index in [0.717, 1.165) is 0 Å². The third-order valence-electron chi connectivity index (χ3n) is 2.02. The summed E-state index contributed by atoms with van der Waals surface area (Å²) in [5, 5.41) is 8.59. The Bertz CT molecular complexity index is 367. The molecule has 0 radical (unpaired) electrons. The minimum absolute atomic E-state index is 0.0386. The lowest BCUT2D eigenvalue weighted by atomic mass is 10.2. The van der Waals surface area contributed by atoms with Crippen molar-refractivity contribution in [1.82, 2.24) is 15.3 Å². The van der Waals surface area contributed by atoms with Gasteiger partial charge in [0.15, 0.2) is 0 Å². The highest BCUT2D eigenvalue weighted by Crippen LogP contribution is 2.03. The first-order chi connectivity index (χ1) is 8.11. The summed E-state index contributed by atoms with van der Waals surface area (Å²) in [6, 6.07) is 1.72. The monoisotopic (exact) mass is 237 g/mol. The first-order valence-corrected chi connectivity index (χ1v) is 5.63. The fourth-order valence-corrected chi connectivity index (χ4v) is 1.13. The third kappa shape index (κ3) is 5.14. The fraction of sp³-hybridized carbons (Fsp3) is 0.545. The first kappa shape index (κ1) is 13.2. The van der Waals surface area contributed by atoms with Crippen LogP contribution in [0, 0.1) is 5.92 Å². The van der Waals surface area contributed by atoms with Crippen LogP contribution in [0.25, 0.3) is 0 Å². The molecule has 0 unspecified atom stereocenters. The quantitative estimate of drug-likeness (QED) is 0.679. The number of nitrogens with zero attached hydrogens (tertiary/aromatic N) is 2. The maximum Gasteiger partial charge on any atom is 0.239 e. The van der Waals surface area contributed by atoms with Crippen molar-refractivity contribution in [3.05, 3.63) is 12.3 Å². The Morgan fingerprint density at radius 3 is 2.88 bits per heavy atom. The van der Waals surface area contributed by atoms with Gasteiger partial charge in [-0.25, -0.2) is 4.98 Å². The number of carbonyl (C=O) groups is 1. The van der Waals surface area contributed by atoms with Crippen LogP contribution < -0.4 is 16.0 Å². The summed E-state index contributed by atoms with van der Waals surface area (Å²) in [7, 11) is 1.74. The molecule has 3 N–H and O–H groups in total. The smallest absolute Gasteiger partial charge is 0.239 e. The standard InChI is InChI=1S/C11H19N5O/c1-8(2)6-15-10(17)7-14-9-4-5-13-11(12-3)16-9/h4-5,8H,6-7H2,1-3H3,(H,15,17)(H2,12,13,14,16).